The van der Waals surface area contributed by atoms with Crippen molar-refractivity contribution in [1.82, 2.24) is 24.0 Å². The van der Waals surface area contributed by atoms with Gasteiger partial charge in [0.1, 0.15) is 0 Å². The summed E-state index contributed by atoms with van der Waals surface area (Å²) in [6, 6.07) is 2.18. The molecule has 8 nitrogen and oxygen atoms in total. The van der Waals surface area contributed by atoms with E-state index in [1.807, 2.05) is 0 Å². The van der Waals surface area contributed by atoms with Gasteiger partial charge in [-0.25, -0.2) is 22.4 Å². The number of alkyl halides is 3. The van der Waals surface area contributed by atoms with Crippen molar-refractivity contribution < 1.29 is 26.4 Å². The summed E-state index contributed by atoms with van der Waals surface area (Å²) >= 11 is 0. The number of hydrogen-bond donors (Lipinski definition) is 0. The number of hydrogen-bond acceptors (Lipinski definition) is 5. The van der Waals surface area contributed by atoms with E-state index >= 15 is 0 Å². The smallest absolute Gasteiger partial charge is 0.341 e. The van der Waals surface area contributed by atoms with Crippen LogP contribution in [0, 0.1) is 13.8 Å². The fraction of sp³-hybridized carbons (Fsp3) is 0.526. The Hall–Kier alpha value is -2.47. The first-order chi connectivity index (χ1) is 14.4. The molecule has 0 N–H and O–H groups in total. The Bertz CT molecular complexity index is 1060. The minimum atomic E-state index is -4.47. The highest BCUT2D eigenvalue weighted by Crippen LogP contribution is 2.29. The molecule has 0 spiro atoms. The average molecular weight is 459 g/mol. The number of rotatable bonds is 4. The second-order valence-electron chi connectivity index (χ2n) is 7.54. The summed E-state index contributed by atoms with van der Waals surface area (Å²) in [4.78, 5) is 18.4. The Balaban J connectivity index is 1.76. The van der Waals surface area contributed by atoms with E-state index in [2.05, 4.69) is 10.1 Å². The molecule has 0 saturated carbocycles. The lowest BCUT2D eigenvalue weighted by Gasteiger charge is -2.21. The van der Waals surface area contributed by atoms with Gasteiger partial charge < -0.3 is 4.90 Å². The average Bonchev–Trinajstić information content (AvgIpc) is 2.87. The molecule has 2 aromatic heterocycles. The number of carbonyl (C=O) groups excluding carboxylic acids is 1. The van der Waals surface area contributed by atoms with Crippen molar-refractivity contribution in [2.24, 2.45) is 0 Å². The van der Waals surface area contributed by atoms with E-state index in [1.165, 1.54) is 15.1 Å². The summed E-state index contributed by atoms with van der Waals surface area (Å²) in [6.07, 6.45) is -1.96. The van der Waals surface area contributed by atoms with Crippen LogP contribution in [0.3, 0.4) is 0 Å². The SMILES string of the molecule is Cc1nn(-c2ccc(C(F)(F)F)cn2)c(C)c1CC(=O)N1CCCN(S(C)(=O)=O)CC1. The Morgan fingerprint density at radius 3 is 2.42 bits per heavy atom. The fourth-order valence-corrected chi connectivity index (χ4v) is 4.44. The van der Waals surface area contributed by atoms with Gasteiger partial charge in [-0.3, -0.25) is 4.79 Å². The largest absolute Gasteiger partial charge is 0.417 e. The third kappa shape index (κ3) is 5.24. The van der Waals surface area contributed by atoms with Crippen LogP contribution in [0.15, 0.2) is 18.3 Å². The molecular weight excluding hydrogens is 435 g/mol. The Morgan fingerprint density at radius 2 is 1.84 bits per heavy atom. The van der Waals surface area contributed by atoms with E-state index in [-0.39, 0.29) is 24.7 Å². The van der Waals surface area contributed by atoms with Crippen molar-refractivity contribution in [1.29, 1.82) is 0 Å². The van der Waals surface area contributed by atoms with Crippen LogP contribution in [0.1, 0.15) is 28.9 Å². The number of pyridine rings is 1. The maximum Gasteiger partial charge on any atom is 0.417 e. The summed E-state index contributed by atoms with van der Waals surface area (Å²) in [5.74, 6) is 0.0762. The first-order valence-corrected chi connectivity index (χ1v) is 11.5. The van der Waals surface area contributed by atoms with Crippen LogP contribution in [-0.4, -0.2) is 70.7 Å². The number of amides is 1. The van der Waals surface area contributed by atoms with Gasteiger partial charge in [0.25, 0.3) is 0 Å². The predicted octanol–water partition coefficient (Wildman–Crippen LogP) is 1.94. The molecular formula is C19H24F3N5O3S. The van der Waals surface area contributed by atoms with Crippen molar-refractivity contribution in [3.05, 3.63) is 40.8 Å². The Morgan fingerprint density at radius 1 is 1.13 bits per heavy atom. The van der Waals surface area contributed by atoms with Crippen LogP contribution in [0.4, 0.5) is 13.2 Å². The molecule has 0 aliphatic carbocycles. The zero-order valence-corrected chi connectivity index (χ0v) is 18.3. The number of nitrogens with zero attached hydrogens (tertiary/aromatic N) is 5. The van der Waals surface area contributed by atoms with Crippen molar-refractivity contribution in [2.45, 2.75) is 32.9 Å². The van der Waals surface area contributed by atoms with Gasteiger partial charge >= 0.3 is 6.18 Å². The van der Waals surface area contributed by atoms with E-state index in [0.29, 0.717) is 43.0 Å². The minimum Gasteiger partial charge on any atom is -0.341 e. The molecule has 0 aromatic carbocycles. The number of aromatic nitrogens is 3. The summed E-state index contributed by atoms with van der Waals surface area (Å²) in [5, 5.41) is 4.35. The van der Waals surface area contributed by atoms with Crippen LogP contribution in [-0.2, 0) is 27.4 Å². The second-order valence-corrected chi connectivity index (χ2v) is 9.52. The lowest BCUT2D eigenvalue weighted by Crippen LogP contribution is -2.37. The maximum atomic E-state index is 12.9. The van der Waals surface area contributed by atoms with E-state index in [9.17, 15) is 26.4 Å². The Kier molecular flexibility index (Phi) is 6.42. The lowest BCUT2D eigenvalue weighted by molar-refractivity contribution is -0.137. The third-order valence-electron chi connectivity index (χ3n) is 5.34. The van der Waals surface area contributed by atoms with Crippen LogP contribution >= 0.6 is 0 Å². The number of sulfonamides is 1. The molecule has 2 aromatic rings. The standard InChI is InChI=1S/C19H24F3N5O3S/c1-13-16(11-18(28)25-7-4-8-26(10-9-25)31(3,29)30)14(2)27(24-13)17-6-5-15(12-23-17)19(20,21)22/h5-6,12H,4,7-11H2,1-3H3. The molecule has 0 bridgehead atoms. The van der Waals surface area contributed by atoms with Crippen LogP contribution in [0.5, 0.6) is 0 Å². The predicted molar refractivity (Wildman–Crippen MR) is 107 cm³/mol. The van der Waals surface area contributed by atoms with Crippen molar-refractivity contribution >= 4 is 15.9 Å². The molecule has 1 fully saturated rings. The zero-order valence-electron chi connectivity index (χ0n) is 17.5. The molecule has 0 unspecified atom stereocenters. The fourth-order valence-electron chi connectivity index (χ4n) is 3.57. The molecule has 3 rings (SSSR count). The highest BCUT2D eigenvalue weighted by atomic mass is 32.2. The molecule has 3 heterocycles. The van der Waals surface area contributed by atoms with E-state index in [4.69, 9.17) is 0 Å². The lowest BCUT2D eigenvalue weighted by atomic mass is 10.1. The van der Waals surface area contributed by atoms with Gasteiger partial charge in [-0.1, -0.05) is 0 Å². The molecule has 1 saturated heterocycles. The van der Waals surface area contributed by atoms with Crippen LogP contribution in [0.2, 0.25) is 0 Å². The van der Waals surface area contributed by atoms with Crippen molar-refractivity contribution in [2.75, 3.05) is 32.4 Å². The van der Waals surface area contributed by atoms with Gasteiger partial charge in [0.15, 0.2) is 5.82 Å². The highest BCUT2D eigenvalue weighted by molar-refractivity contribution is 7.88. The molecule has 1 aliphatic rings. The maximum absolute atomic E-state index is 12.9. The van der Waals surface area contributed by atoms with Gasteiger partial charge in [-0.05, 0) is 32.4 Å². The first kappa shape index (κ1) is 23.2. The summed E-state index contributed by atoms with van der Waals surface area (Å²) in [7, 11) is -3.31. The molecule has 0 radical (unpaired) electrons. The molecule has 31 heavy (non-hydrogen) atoms. The summed E-state index contributed by atoms with van der Waals surface area (Å²) in [5.41, 5.74) is 1.03. The first-order valence-electron chi connectivity index (χ1n) is 9.69. The van der Waals surface area contributed by atoms with Gasteiger partial charge in [0.2, 0.25) is 15.9 Å². The molecule has 0 atom stereocenters. The zero-order chi connectivity index (χ0) is 23.0. The third-order valence-corrected chi connectivity index (χ3v) is 6.64. The van der Waals surface area contributed by atoms with Gasteiger partial charge in [-0.15, -0.1) is 0 Å². The molecule has 1 amide bonds. The monoisotopic (exact) mass is 459 g/mol. The normalized spacial score (nSPS) is 16.4. The van der Waals surface area contributed by atoms with E-state index in [0.717, 1.165) is 18.5 Å². The summed E-state index contributed by atoms with van der Waals surface area (Å²) in [6.45, 7) is 4.84. The van der Waals surface area contributed by atoms with Crippen molar-refractivity contribution in [3.8, 4) is 5.82 Å². The van der Waals surface area contributed by atoms with Crippen molar-refractivity contribution in [3.63, 3.8) is 0 Å². The molecule has 12 heteroatoms. The van der Waals surface area contributed by atoms with Crippen LogP contribution < -0.4 is 0 Å². The van der Waals surface area contributed by atoms with Gasteiger partial charge in [0.05, 0.1) is 23.9 Å². The molecule has 1 aliphatic heterocycles. The number of aryl methyl sites for hydroxylation is 1. The van der Waals surface area contributed by atoms with E-state index < -0.39 is 21.8 Å². The minimum absolute atomic E-state index is 0.0666. The van der Waals surface area contributed by atoms with Gasteiger partial charge in [0, 0.05) is 43.6 Å². The van der Waals surface area contributed by atoms with E-state index in [1.54, 1.807) is 18.7 Å². The number of halogens is 3. The molecule has 170 valence electrons. The van der Waals surface area contributed by atoms with Gasteiger partial charge in [-0.2, -0.15) is 18.3 Å². The quantitative estimate of drug-likeness (QED) is 0.697. The topological polar surface area (TPSA) is 88.4 Å². The highest BCUT2D eigenvalue weighted by Gasteiger charge is 2.31. The van der Waals surface area contributed by atoms with Crippen LogP contribution in [0.25, 0.3) is 5.82 Å². The summed E-state index contributed by atoms with van der Waals surface area (Å²) < 4.78 is 64.6. The second kappa shape index (κ2) is 8.58. The Labute approximate surface area is 178 Å². The number of carbonyl (C=O) groups is 1.